The van der Waals surface area contributed by atoms with E-state index >= 15 is 0 Å². The molecule has 80 valence electrons. The van der Waals surface area contributed by atoms with Gasteiger partial charge >= 0.3 is 0 Å². The van der Waals surface area contributed by atoms with E-state index in [1.165, 1.54) is 0 Å². The van der Waals surface area contributed by atoms with Crippen LogP contribution in [0.15, 0.2) is 21.8 Å². The maximum absolute atomic E-state index is 4.21. The minimum absolute atomic E-state index is 0.718. The molecule has 0 rings (SSSR count). The molecule has 0 saturated heterocycles. The predicted octanol–water partition coefficient (Wildman–Crippen LogP) is 1.51. The number of amidine groups is 1. The fourth-order valence-electron chi connectivity index (χ4n) is 0.850. The topological polar surface area (TPSA) is 48.8 Å². The lowest BCUT2D eigenvalue weighted by molar-refractivity contribution is 1.02. The summed E-state index contributed by atoms with van der Waals surface area (Å²) >= 11 is 0. The van der Waals surface area contributed by atoms with Crippen molar-refractivity contribution in [2.75, 3.05) is 13.6 Å². The second-order valence-corrected chi connectivity index (χ2v) is 2.85. The predicted molar refractivity (Wildman–Crippen MR) is 62.7 cm³/mol. The van der Waals surface area contributed by atoms with Gasteiger partial charge in [-0.25, -0.2) is 0 Å². The summed E-state index contributed by atoms with van der Waals surface area (Å²) < 4.78 is 0. The SMILES string of the molecule is CC=C(C)NC(=NC)NC(C)=NCC. The number of allylic oxidation sites excluding steroid dienone is 2. The first kappa shape index (κ1) is 12.7. The number of nitrogens with one attached hydrogen (secondary N) is 2. The van der Waals surface area contributed by atoms with Crippen LogP contribution in [0, 0.1) is 0 Å². The lowest BCUT2D eigenvalue weighted by Crippen LogP contribution is -2.39. The molecule has 0 aliphatic carbocycles. The molecule has 4 heteroatoms. The monoisotopic (exact) mass is 196 g/mol. The van der Waals surface area contributed by atoms with Gasteiger partial charge in [-0.05, 0) is 27.7 Å². The number of hydrogen-bond acceptors (Lipinski definition) is 2. The molecule has 0 aliphatic heterocycles. The molecule has 0 heterocycles. The van der Waals surface area contributed by atoms with E-state index in [1.807, 2.05) is 33.8 Å². The van der Waals surface area contributed by atoms with Crippen molar-refractivity contribution in [1.82, 2.24) is 10.6 Å². The van der Waals surface area contributed by atoms with E-state index in [0.29, 0.717) is 0 Å². The summed E-state index contributed by atoms with van der Waals surface area (Å²) in [4.78, 5) is 8.28. The van der Waals surface area contributed by atoms with Crippen LogP contribution in [0.2, 0.25) is 0 Å². The molecule has 0 aromatic heterocycles. The smallest absolute Gasteiger partial charge is 0.200 e. The molecule has 0 amide bonds. The minimum Gasteiger partial charge on any atom is -0.330 e. The van der Waals surface area contributed by atoms with Gasteiger partial charge in [-0.15, -0.1) is 0 Å². The average molecular weight is 196 g/mol. The summed E-state index contributed by atoms with van der Waals surface area (Å²) in [7, 11) is 1.73. The highest BCUT2D eigenvalue weighted by molar-refractivity contribution is 5.99. The van der Waals surface area contributed by atoms with E-state index < -0.39 is 0 Å². The van der Waals surface area contributed by atoms with E-state index in [4.69, 9.17) is 0 Å². The summed E-state index contributed by atoms with van der Waals surface area (Å²) in [6, 6.07) is 0. The van der Waals surface area contributed by atoms with Gasteiger partial charge in [-0.3, -0.25) is 9.98 Å². The first-order chi connectivity index (χ1) is 6.63. The number of hydrogen-bond donors (Lipinski definition) is 2. The second kappa shape index (κ2) is 7.12. The largest absolute Gasteiger partial charge is 0.330 e. The van der Waals surface area contributed by atoms with Gasteiger partial charge in [0.25, 0.3) is 0 Å². The number of aliphatic imine (C=N–C) groups is 2. The van der Waals surface area contributed by atoms with Crippen LogP contribution in [0.3, 0.4) is 0 Å². The summed E-state index contributed by atoms with van der Waals surface area (Å²) in [5.74, 6) is 1.58. The summed E-state index contributed by atoms with van der Waals surface area (Å²) in [6.07, 6.45) is 1.99. The van der Waals surface area contributed by atoms with Gasteiger partial charge in [0.05, 0.1) is 5.84 Å². The fourth-order valence-corrected chi connectivity index (χ4v) is 0.850. The molecule has 0 bridgehead atoms. The molecule has 0 unspecified atom stereocenters. The van der Waals surface area contributed by atoms with E-state index in [1.54, 1.807) is 7.05 Å². The third-order valence-electron chi connectivity index (χ3n) is 1.67. The zero-order chi connectivity index (χ0) is 11.0. The van der Waals surface area contributed by atoms with Crippen molar-refractivity contribution < 1.29 is 0 Å². The summed E-state index contributed by atoms with van der Waals surface area (Å²) in [6.45, 7) is 8.65. The third kappa shape index (κ3) is 5.35. The lowest BCUT2D eigenvalue weighted by atomic mass is 10.4. The molecular formula is C10H20N4. The van der Waals surface area contributed by atoms with Crippen LogP contribution >= 0.6 is 0 Å². The highest BCUT2D eigenvalue weighted by Gasteiger charge is 1.97. The van der Waals surface area contributed by atoms with Crippen LogP contribution < -0.4 is 10.6 Å². The van der Waals surface area contributed by atoms with Crippen molar-refractivity contribution >= 4 is 11.8 Å². The van der Waals surface area contributed by atoms with Gasteiger partial charge in [0.15, 0.2) is 0 Å². The van der Waals surface area contributed by atoms with Crippen molar-refractivity contribution in [3.8, 4) is 0 Å². The Labute approximate surface area is 86.2 Å². The summed E-state index contributed by atoms with van der Waals surface area (Å²) in [5.41, 5.74) is 1.06. The van der Waals surface area contributed by atoms with Crippen molar-refractivity contribution in [2.24, 2.45) is 9.98 Å². The van der Waals surface area contributed by atoms with Crippen LogP contribution in [0.1, 0.15) is 27.7 Å². The normalized spacial score (nSPS) is 14.2. The third-order valence-corrected chi connectivity index (χ3v) is 1.67. The van der Waals surface area contributed by atoms with Gasteiger partial charge in [0, 0.05) is 19.3 Å². The lowest BCUT2D eigenvalue weighted by Gasteiger charge is -2.11. The molecule has 0 atom stereocenters. The van der Waals surface area contributed by atoms with Gasteiger partial charge < -0.3 is 10.6 Å². The molecular weight excluding hydrogens is 176 g/mol. The van der Waals surface area contributed by atoms with Crippen molar-refractivity contribution in [3.05, 3.63) is 11.8 Å². The zero-order valence-electron chi connectivity index (χ0n) is 9.68. The van der Waals surface area contributed by atoms with Crippen LogP contribution in [0.4, 0.5) is 0 Å². The molecule has 0 radical (unpaired) electrons. The molecule has 0 saturated carbocycles. The maximum atomic E-state index is 4.21. The second-order valence-electron chi connectivity index (χ2n) is 2.85. The number of nitrogens with zero attached hydrogens (tertiary/aromatic N) is 2. The van der Waals surface area contributed by atoms with Gasteiger partial charge in [-0.1, -0.05) is 6.08 Å². The molecule has 14 heavy (non-hydrogen) atoms. The minimum atomic E-state index is 0.718. The molecule has 0 fully saturated rings. The Morgan fingerprint density at radius 2 is 1.93 bits per heavy atom. The first-order valence-corrected chi connectivity index (χ1v) is 4.78. The summed E-state index contributed by atoms with van der Waals surface area (Å²) in [5, 5.41) is 6.21. The zero-order valence-corrected chi connectivity index (χ0v) is 9.68. The molecule has 0 aliphatic rings. The Morgan fingerprint density at radius 1 is 1.29 bits per heavy atom. The van der Waals surface area contributed by atoms with Crippen LogP contribution in [0.25, 0.3) is 0 Å². The average Bonchev–Trinajstić information content (AvgIpc) is 2.16. The van der Waals surface area contributed by atoms with E-state index in [-0.39, 0.29) is 0 Å². The van der Waals surface area contributed by atoms with Crippen molar-refractivity contribution in [3.63, 3.8) is 0 Å². The maximum Gasteiger partial charge on any atom is 0.200 e. The van der Waals surface area contributed by atoms with Gasteiger partial charge in [0.2, 0.25) is 5.96 Å². The first-order valence-electron chi connectivity index (χ1n) is 4.78. The fraction of sp³-hybridized carbons (Fsp3) is 0.600. The Balaban J connectivity index is 4.26. The van der Waals surface area contributed by atoms with E-state index in [9.17, 15) is 0 Å². The van der Waals surface area contributed by atoms with Crippen molar-refractivity contribution in [1.29, 1.82) is 0 Å². The number of rotatable bonds is 2. The standard InChI is InChI=1S/C10H20N4/c1-6-8(3)13-10(11-5)14-9(4)12-7-2/h6H,7H2,1-5H3,(H2,11,12,13,14). The van der Waals surface area contributed by atoms with Gasteiger partial charge in [0.1, 0.15) is 0 Å². The molecule has 0 aromatic carbocycles. The van der Waals surface area contributed by atoms with Crippen LogP contribution in [0.5, 0.6) is 0 Å². The van der Waals surface area contributed by atoms with E-state index in [0.717, 1.165) is 24.0 Å². The Bertz CT molecular complexity index is 251. The Hall–Kier alpha value is -1.32. The molecule has 4 nitrogen and oxygen atoms in total. The van der Waals surface area contributed by atoms with Crippen LogP contribution in [-0.4, -0.2) is 25.4 Å². The van der Waals surface area contributed by atoms with E-state index in [2.05, 4.69) is 20.6 Å². The highest BCUT2D eigenvalue weighted by Crippen LogP contribution is 1.84. The highest BCUT2D eigenvalue weighted by atomic mass is 15.2. The number of guanidine groups is 1. The molecule has 2 N–H and O–H groups in total. The van der Waals surface area contributed by atoms with Crippen LogP contribution in [-0.2, 0) is 0 Å². The quantitative estimate of drug-likeness (QED) is 0.519. The molecule has 0 spiro atoms. The Morgan fingerprint density at radius 3 is 2.36 bits per heavy atom. The van der Waals surface area contributed by atoms with Gasteiger partial charge in [-0.2, -0.15) is 0 Å². The molecule has 0 aromatic rings. The van der Waals surface area contributed by atoms with Crippen molar-refractivity contribution in [2.45, 2.75) is 27.7 Å². The Kier molecular flexibility index (Phi) is 6.45.